The largest absolute Gasteiger partial charge is 0.416 e. The van der Waals surface area contributed by atoms with Gasteiger partial charge in [-0.05, 0) is 24.6 Å². The maximum atomic E-state index is 12.3. The minimum atomic E-state index is -4.36. The molecule has 1 rings (SSSR count). The highest BCUT2D eigenvalue weighted by Gasteiger charge is 2.30. The average molecular weight is 246 g/mol. The molecular weight excluding hydrogens is 233 g/mol. The molecule has 94 valence electrons. The molecular formula is C12H13F3O2. The SMILES string of the molecule is CC(O)(CC=O)Cc1ccc(C(F)(F)F)cc1. The van der Waals surface area contributed by atoms with Crippen LogP contribution in [0, 0.1) is 0 Å². The number of carbonyl (C=O) groups is 1. The molecule has 1 atom stereocenters. The molecule has 0 aromatic heterocycles. The smallest absolute Gasteiger partial charge is 0.389 e. The number of aliphatic hydroxyl groups is 1. The molecule has 1 N–H and O–H groups in total. The van der Waals surface area contributed by atoms with Crippen molar-refractivity contribution in [3.05, 3.63) is 35.4 Å². The van der Waals surface area contributed by atoms with Crippen molar-refractivity contribution < 1.29 is 23.1 Å². The van der Waals surface area contributed by atoms with Gasteiger partial charge in [0.1, 0.15) is 6.29 Å². The van der Waals surface area contributed by atoms with Crippen LogP contribution in [0.1, 0.15) is 24.5 Å². The van der Waals surface area contributed by atoms with Crippen LogP contribution in [0.25, 0.3) is 0 Å². The van der Waals surface area contributed by atoms with Crippen LogP contribution in [0.2, 0.25) is 0 Å². The van der Waals surface area contributed by atoms with Gasteiger partial charge in [0.05, 0.1) is 11.2 Å². The molecule has 1 unspecified atom stereocenters. The molecule has 0 saturated heterocycles. The Kier molecular flexibility index (Phi) is 3.93. The summed E-state index contributed by atoms with van der Waals surface area (Å²) in [6.45, 7) is 1.47. The molecule has 0 radical (unpaired) electrons. The van der Waals surface area contributed by atoms with Crippen molar-refractivity contribution in [2.24, 2.45) is 0 Å². The molecule has 0 amide bonds. The van der Waals surface area contributed by atoms with Crippen molar-refractivity contribution in [2.45, 2.75) is 31.5 Å². The van der Waals surface area contributed by atoms with Gasteiger partial charge in [-0.3, -0.25) is 0 Å². The molecule has 0 fully saturated rings. The van der Waals surface area contributed by atoms with Crippen LogP contribution < -0.4 is 0 Å². The molecule has 0 bridgehead atoms. The quantitative estimate of drug-likeness (QED) is 0.829. The van der Waals surface area contributed by atoms with Gasteiger partial charge in [0, 0.05) is 12.8 Å². The van der Waals surface area contributed by atoms with E-state index in [2.05, 4.69) is 0 Å². The third-order valence-corrected chi connectivity index (χ3v) is 2.39. The first-order chi connectivity index (χ1) is 7.74. The van der Waals surface area contributed by atoms with E-state index in [0.29, 0.717) is 11.8 Å². The van der Waals surface area contributed by atoms with E-state index < -0.39 is 17.3 Å². The van der Waals surface area contributed by atoms with Crippen LogP contribution in [-0.2, 0) is 17.4 Å². The Bertz CT molecular complexity index is 380. The Morgan fingerprint density at radius 2 is 1.76 bits per heavy atom. The van der Waals surface area contributed by atoms with Crippen LogP contribution in [0.4, 0.5) is 13.2 Å². The predicted molar refractivity (Wildman–Crippen MR) is 56.5 cm³/mol. The van der Waals surface area contributed by atoms with Crippen molar-refractivity contribution in [3.63, 3.8) is 0 Å². The summed E-state index contributed by atoms with van der Waals surface area (Å²) in [6.07, 6.45) is -3.67. The fraction of sp³-hybridized carbons (Fsp3) is 0.417. The molecule has 0 aliphatic heterocycles. The minimum absolute atomic E-state index is 0.0476. The maximum absolute atomic E-state index is 12.3. The van der Waals surface area contributed by atoms with Crippen LogP contribution >= 0.6 is 0 Å². The summed E-state index contributed by atoms with van der Waals surface area (Å²) in [5.74, 6) is 0. The highest BCUT2D eigenvalue weighted by Crippen LogP contribution is 2.29. The Hall–Kier alpha value is -1.36. The van der Waals surface area contributed by atoms with Gasteiger partial charge in [0.15, 0.2) is 0 Å². The Balaban J connectivity index is 2.79. The fourth-order valence-electron chi connectivity index (χ4n) is 1.50. The van der Waals surface area contributed by atoms with E-state index in [-0.39, 0.29) is 12.8 Å². The van der Waals surface area contributed by atoms with E-state index >= 15 is 0 Å². The van der Waals surface area contributed by atoms with Gasteiger partial charge in [-0.15, -0.1) is 0 Å². The van der Waals surface area contributed by atoms with Gasteiger partial charge in [-0.25, -0.2) is 0 Å². The summed E-state index contributed by atoms with van der Waals surface area (Å²) >= 11 is 0. The number of halogens is 3. The predicted octanol–water partition coefficient (Wildman–Crippen LogP) is 2.59. The van der Waals surface area contributed by atoms with Crippen LogP contribution in [0.3, 0.4) is 0 Å². The third-order valence-electron chi connectivity index (χ3n) is 2.39. The van der Waals surface area contributed by atoms with Gasteiger partial charge < -0.3 is 9.90 Å². The van der Waals surface area contributed by atoms with E-state index in [1.807, 2.05) is 0 Å². The number of hydrogen-bond donors (Lipinski definition) is 1. The van der Waals surface area contributed by atoms with E-state index in [1.54, 1.807) is 0 Å². The monoisotopic (exact) mass is 246 g/mol. The van der Waals surface area contributed by atoms with E-state index in [0.717, 1.165) is 12.1 Å². The number of hydrogen-bond acceptors (Lipinski definition) is 2. The zero-order chi connectivity index (χ0) is 13.1. The highest BCUT2D eigenvalue weighted by molar-refractivity contribution is 5.51. The van der Waals surface area contributed by atoms with Crippen molar-refractivity contribution in [1.29, 1.82) is 0 Å². The topological polar surface area (TPSA) is 37.3 Å². The van der Waals surface area contributed by atoms with Crippen LogP contribution in [0.5, 0.6) is 0 Å². The summed E-state index contributed by atoms with van der Waals surface area (Å²) in [5, 5.41) is 9.74. The highest BCUT2D eigenvalue weighted by atomic mass is 19.4. The molecule has 0 aliphatic carbocycles. The Labute approximate surface area is 97.1 Å². The van der Waals surface area contributed by atoms with E-state index in [1.165, 1.54) is 19.1 Å². The summed E-state index contributed by atoms with van der Waals surface area (Å²) < 4.78 is 36.8. The van der Waals surface area contributed by atoms with Gasteiger partial charge >= 0.3 is 6.18 Å². The summed E-state index contributed by atoms with van der Waals surface area (Å²) in [4.78, 5) is 10.3. The zero-order valence-corrected chi connectivity index (χ0v) is 9.29. The van der Waals surface area contributed by atoms with Crippen molar-refractivity contribution in [1.82, 2.24) is 0 Å². The molecule has 0 saturated carbocycles. The molecule has 5 heteroatoms. The third kappa shape index (κ3) is 4.19. The molecule has 17 heavy (non-hydrogen) atoms. The molecule has 1 aromatic rings. The fourth-order valence-corrected chi connectivity index (χ4v) is 1.50. The van der Waals surface area contributed by atoms with Crippen molar-refractivity contribution >= 4 is 6.29 Å². The lowest BCUT2D eigenvalue weighted by Crippen LogP contribution is -2.27. The molecule has 0 aliphatic rings. The van der Waals surface area contributed by atoms with Crippen LogP contribution in [0.15, 0.2) is 24.3 Å². The Morgan fingerprint density at radius 1 is 1.24 bits per heavy atom. The number of carbonyl (C=O) groups excluding carboxylic acids is 1. The summed E-state index contributed by atoms with van der Waals surface area (Å²) in [7, 11) is 0. The first-order valence-electron chi connectivity index (χ1n) is 5.07. The summed E-state index contributed by atoms with van der Waals surface area (Å²) in [6, 6.07) is 4.54. The second-order valence-corrected chi connectivity index (χ2v) is 4.24. The lowest BCUT2D eigenvalue weighted by atomic mass is 9.93. The van der Waals surface area contributed by atoms with Gasteiger partial charge in [0.2, 0.25) is 0 Å². The first kappa shape index (κ1) is 13.7. The second kappa shape index (κ2) is 4.87. The molecule has 0 heterocycles. The molecule has 0 spiro atoms. The normalized spacial score (nSPS) is 15.4. The lowest BCUT2D eigenvalue weighted by molar-refractivity contribution is -0.137. The van der Waals surface area contributed by atoms with Gasteiger partial charge in [-0.1, -0.05) is 12.1 Å². The minimum Gasteiger partial charge on any atom is -0.389 e. The average Bonchev–Trinajstić information content (AvgIpc) is 2.16. The van der Waals surface area contributed by atoms with Crippen LogP contribution in [-0.4, -0.2) is 17.0 Å². The number of aldehydes is 1. The maximum Gasteiger partial charge on any atom is 0.416 e. The van der Waals surface area contributed by atoms with E-state index in [9.17, 15) is 23.1 Å². The number of benzene rings is 1. The van der Waals surface area contributed by atoms with Gasteiger partial charge in [-0.2, -0.15) is 13.2 Å². The van der Waals surface area contributed by atoms with Crippen molar-refractivity contribution in [2.75, 3.05) is 0 Å². The van der Waals surface area contributed by atoms with E-state index in [4.69, 9.17) is 0 Å². The number of alkyl halides is 3. The van der Waals surface area contributed by atoms with Crippen molar-refractivity contribution in [3.8, 4) is 0 Å². The standard InChI is InChI=1S/C12H13F3O2/c1-11(17,6-7-16)8-9-2-4-10(5-3-9)12(13,14)15/h2-5,7,17H,6,8H2,1H3. The molecule has 1 aromatic carbocycles. The second-order valence-electron chi connectivity index (χ2n) is 4.24. The zero-order valence-electron chi connectivity index (χ0n) is 9.29. The van der Waals surface area contributed by atoms with Gasteiger partial charge in [0.25, 0.3) is 0 Å². The number of rotatable bonds is 4. The first-order valence-corrected chi connectivity index (χ1v) is 5.07. The molecule has 2 nitrogen and oxygen atoms in total. The lowest BCUT2D eigenvalue weighted by Gasteiger charge is -2.20. The summed E-state index contributed by atoms with van der Waals surface area (Å²) in [5.41, 5.74) is -1.39. The Morgan fingerprint density at radius 3 is 2.18 bits per heavy atom.